The molecular formula is C9H15N3O. The Morgan fingerprint density at radius 3 is 2.77 bits per heavy atom. The van der Waals surface area contributed by atoms with E-state index in [0.717, 1.165) is 13.1 Å². The molecule has 1 N–H and O–H groups in total. The summed E-state index contributed by atoms with van der Waals surface area (Å²) in [6.07, 6.45) is 2.79. The Morgan fingerprint density at radius 2 is 2.15 bits per heavy atom. The van der Waals surface area contributed by atoms with Gasteiger partial charge in [0.05, 0.1) is 19.0 Å². The van der Waals surface area contributed by atoms with Gasteiger partial charge in [0.15, 0.2) is 0 Å². The van der Waals surface area contributed by atoms with Crippen molar-refractivity contribution in [3.63, 3.8) is 0 Å². The first-order chi connectivity index (χ1) is 6.33. The summed E-state index contributed by atoms with van der Waals surface area (Å²) in [5.74, 6) is 0.0390. The first kappa shape index (κ1) is 10.0. The molecule has 4 heteroatoms. The Morgan fingerprint density at radius 1 is 1.46 bits per heavy atom. The molecule has 0 unspecified atom stereocenters. The normalized spacial score (nSPS) is 16.8. The number of hydrogen-bond donors (Lipinski definition) is 1. The summed E-state index contributed by atoms with van der Waals surface area (Å²) in [6.45, 7) is 3.03. The van der Waals surface area contributed by atoms with Gasteiger partial charge in [-0.05, 0) is 25.9 Å². The van der Waals surface area contributed by atoms with Gasteiger partial charge in [-0.15, -0.1) is 0 Å². The zero-order valence-corrected chi connectivity index (χ0v) is 7.75. The average Bonchev–Trinajstić information content (AvgIpc) is 2.57. The van der Waals surface area contributed by atoms with E-state index in [1.807, 2.05) is 6.07 Å². The van der Waals surface area contributed by atoms with Crippen molar-refractivity contribution < 1.29 is 4.79 Å². The molecule has 1 amide bonds. The fourth-order valence-electron chi connectivity index (χ4n) is 1.46. The minimum atomic E-state index is 0.0390. The lowest BCUT2D eigenvalue weighted by molar-refractivity contribution is -0.121. The number of carbonyl (C=O) groups is 1. The summed E-state index contributed by atoms with van der Waals surface area (Å²) < 4.78 is 0. The number of rotatable bonds is 4. The second kappa shape index (κ2) is 5.55. The van der Waals surface area contributed by atoms with Crippen molar-refractivity contribution in [2.45, 2.75) is 19.3 Å². The van der Waals surface area contributed by atoms with Gasteiger partial charge < -0.3 is 5.32 Å². The number of nitriles is 1. The number of amides is 1. The molecule has 72 valence electrons. The van der Waals surface area contributed by atoms with Crippen LogP contribution in [0.3, 0.4) is 0 Å². The van der Waals surface area contributed by atoms with Gasteiger partial charge in [0.2, 0.25) is 5.91 Å². The van der Waals surface area contributed by atoms with Crippen molar-refractivity contribution in [3.05, 3.63) is 0 Å². The van der Waals surface area contributed by atoms with Gasteiger partial charge in [-0.1, -0.05) is 0 Å². The van der Waals surface area contributed by atoms with Crippen molar-refractivity contribution in [1.29, 1.82) is 5.26 Å². The number of likely N-dealkylation sites (tertiary alicyclic amines) is 1. The molecule has 1 aliphatic heterocycles. The summed E-state index contributed by atoms with van der Waals surface area (Å²) >= 11 is 0. The lowest BCUT2D eigenvalue weighted by Crippen LogP contribution is -2.36. The predicted molar refractivity (Wildman–Crippen MR) is 48.9 cm³/mol. The monoisotopic (exact) mass is 181 g/mol. The van der Waals surface area contributed by atoms with E-state index < -0.39 is 0 Å². The molecule has 1 aliphatic rings. The van der Waals surface area contributed by atoms with Gasteiger partial charge in [-0.3, -0.25) is 9.69 Å². The van der Waals surface area contributed by atoms with Gasteiger partial charge in [-0.25, -0.2) is 0 Å². The van der Waals surface area contributed by atoms with Crippen molar-refractivity contribution in [2.24, 2.45) is 0 Å². The molecule has 0 bridgehead atoms. The highest BCUT2D eigenvalue weighted by Crippen LogP contribution is 2.05. The molecular weight excluding hydrogens is 166 g/mol. The van der Waals surface area contributed by atoms with Crippen LogP contribution in [0.5, 0.6) is 0 Å². The third kappa shape index (κ3) is 3.90. The molecule has 0 aliphatic carbocycles. The Labute approximate surface area is 78.5 Å². The SMILES string of the molecule is N#CCCNC(=O)CN1CCCC1. The van der Waals surface area contributed by atoms with Crippen LogP contribution in [0.4, 0.5) is 0 Å². The Bertz CT molecular complexity index is 203. The number of nitrogens with zero attached hydrogens (tertiary/aromatic N) is 2. The maximum absolute atomic E-state index is 11.2. The van der Waals surface area contributed by atoms with Crippen LogP contribution in [0.1, 0.15) is 19.3 Å². The molecule has 13 heavy (non-hydrogen) atoms. The van der Waals surface area contributed by atoms with Crippen molar-refractivity contribution in [3.8, 4) is 6.07 Å². The van der Waals surface area contributed by atoms with Crippen LogP contribution < -0.4 is 5.32 Å². The summed E-state index contributed by atoms with van der Waals surface area (Å²) in [5.41, 5.74) is 0. The van der Waals surface area contributed by atoms with E-state index in [2.05, 4.69) is 10.2 Å². The standard InChI is InChI=1S/C9H15N3O/c10-4-3-5-11-9(13)8-12-6-1-2-7-12/h1-3,5-8H2,(H,11,13). The number of hydrogen-bond acceptors (Lipinski definition) is 3. The molecule has 0 radical (unpaired) electrons. The van der Waals surface area contributed by atoms with Gasteiger partial charge >= 0.3 is 0 Å². The average molecular weight is 181 g/mol. The molecule has 0 atom stereocenters. The highest BCUT2D eigenvalue weighted by molar-refractivity contribution is 5.78. The minimum Gasteiger partial charge on any atom is -0.354 e. The first-order valence-corrected chi connectivity index (χ1v) is 4.69. The first-order valence-electron chi connectivity index (χ1n) is 4.69. The van der Waals surface area contributed by atoms with Crippen molar-refractivity contribution in [1.82, 2.24) is 10.2 Å². The molecule has 4 nitrogen and oxygen atoms in total. The molecule has 0 spiro atoms. The van der Waals surface area contributed by atoms with E-state index >= 15 is 0 Å². The quantitative estimate of drug-likeness (QED) is 0.626. The fourth-order valence-corrected chi connectivity index (χ4v) is 1.46. The molecule has 0 aromatic carbocycles. The molecule has 0 saturated carbocycles. The highest BCUT2D eigenvalue weighted by atomic mass is 16.2. The third-order valence-corrected chi connectivity index (χ3v) is 2.12. The number of carbonyl (C=O) groups excluding carboxylic acids is 1. The summed E-state index contributed by atoms with van der Waals surface area (Å²) in [5, 5.41) is 11.0. The second-order valence-electron chi connectivity index (χ2n) is 3.24. The predicted octanol–water partition coefficient (Wildman–Crippen LogP) is 0.112. The Balaban J connectivity index is 2.07. The summed E-state index contributed by atoms with van der Waals surface area (Å²) in [6, 6.07) is 1.99. The molecule has 1 fully saturated rings. The van der Waals surface area contributed by atoms with E-state index in [1.54, 1.807) is 0 Å². The maximum atomic E-state index is 11.2. The maximum Gasteiger partial charge on any atom is 0.234 e. The number of nitrogens with one attached hydrogen (secondary N) is 1. The molecule has 1 rings (SSSR count). The highest BCUT2D eigenvalue weighted by Gasteiger charge is 2.14. The van der Waals surface area contributed by atoms with E-state index in [1.165, 1.54) is 12.8 Å². The lowest BCUT2D eigenvalue weighted by atomic mass is 10.4. The molecule has 0 aromatic heterocycles. The summed E-state index contributed by atoms with van der Waals surface area (Å²) in [4.78, 5) is 13.4. The topological polar surface area (TPSA) is 56.1 Å². The molecule has 0 aromatic rings. The third-order valence-electron chi connectivity index (χ3n) is 2.12. The van der Waals surface area contributed by atoms with Gasteiger partial charge in [-0.2, -0.15) is 5.26 Å². The minimum absolute atomic E-state index is 0.0390. The van der Waals surface area contributed by atoms with E-state index in [-0.39, 0.29) is 5.91 Å². The fraction of sp³-hybridized carbons (Fsp3) is 0.778. The second-order valence-corrected chi connectivity index (χ2v) is 3.24. The van der Waals surface area contributed by atoms with Crippen molar-refractivity contribution in [2.75, 3.05) is 26.2 Å². The van der Waals surface area contributed by atoms with Crippen LogP contribution >= 0.6 is 0 Å². The Kier molecular flexibility index (Phi) is 4.27. The zero-order chi connectivity index (χ0) is 9.52. The van der Waals surface area contributed by atoms with Crippen LogP contribution in [0, 0.1) is 11.3 Å². The lowest BCUT2D eigenvalue weighted by Gasteiger charge is -2.13. The zero-order valence-electron chi connectivity index (χ0n) is 7.75. The molecule has 1 heterocycles. The molecule has 1 saturated heterocycles. The Hall–Kier alpha value is -1.08. The van der Waals surface area contributed by atoms with Crippen molar-refractivity contribution >= 4 is 5.91 Å². The van der Waals surface area contributed by atoms with E-state index in [9.17, 15) is 4.79 Å². The van der Waals surface area contributed by atoms with Crippen LogP contribution in [0.2, 0.25) is 0 Å². The van der Waals surface area contributed by atoms with E-state index in [0.29, 0.717) is 19.5 Å². The summed E-state index contributed by atoms with van der Waals surface area (Å²) in [7, 11) is 0. The van der Waals surface area contributed by atoms with Crippen LogP contribution in [-0.2, 0) is 4.79 Å². The largest absolute Gasteiger partial charge is 0.354 e. The van der Waals surface area contributed by atoms with Gasteiger partial charge in [0.1, 0.15) is 0 Å². The smallest absolute Gasteiger partial charge is 0.234 e. The van der Waals surface area contributed by atoms with E-state index in [4.69, 9.17) is 5.26 Å². The van der Waals surface area contributed by atoms with Gasteiger partial charge in [0.25, 0.3) is 0 Å². The van der Waals surface area contributed by atoms with Crippen LogP contribution in [-0.4, -0.2) is 37.0 Å². The van der Waals surface area contributed by atoms with Crippen LogP contribution in [0.15, 0.2) is 0 Å². The van der Waals surface area contributed by atoms with Crippen LogP contribution in [0.25, 0.3) is 0 Å². The van der Waals surface area contributed by atoms with Gasteiger partial charge in [0, 0.05) is 6.54 Å².